The molecule has 0 aliphatic heterocycles. The van der Waals surface area contributed by atoms with Gasteiger partial charge >= 0.3 is 0 Å². The first-order chi connectivity index (χ1) is 8.88. The zero-order valence-electron chi connectivity index (χ0n) is 11.1. The molecule has 0 fully saturated rings. The first kappa shape index (κ1) is 13.7. The van der Waals surface area contributed by atoms with E-state index in [0.29, 0.717) is 0 Å². The molecule has 0 unspecified atom stereocenters. The van der Waals surface area contributed by atoms with Crippen LogP contribution in [0.15, 0.2) is 24.3 Å². The van der Waals surface area contributed by atoms with E-state index < -0.39 is 10.0 Å². The molecule has 7 heteroatoms. The summed E-state index contributed by atoms with van der Waals surface area (Å²) in [4.78, 5) is 0. The van der Waals surface area contributed by atoms with Crippen molar-refractivity contribution >= 4 is 10.0 Å². The Morgan fingerprint density at radius 2 is 1.74 bits per heavy atom. The van der Waals surface area contributed by atoms with E-state index in [-0.39, 0.29) is 6.54 Å². The lowest BCUT2D eigenvalue weighted by molar-refractivity contribution is 0.587. The quantitative estimate of drug-likeness (QED) is 0.904. The van der Waals surface area contributed by atoms with Crippen LogP contribution in [0.2, 0.25) is 0 Å². The zero-order chi connectivity index (χ0) is 14.0. The summed E-state index contributed by atoms with van der Waals surface area (Å²) in [6.45, 7) is 3.97. The topological polar surface area (TPSA) is 76.9 Å². The maximum absolute atomic E-state index is 11.2. The van der Waals surface area contributed by atoms with Gasteiger partial charge in [-0.3, -0.25) is 4.57 Å². The molecule has 0 spiro atoms. The van der Waals surface area contributed by atoms with E-state index in [1.165, 1.54) is 0 Å². The lowest BCUT2D eigenvalue weighted by Gasteiger charge is -2.12. The van der Waals surface area contributed by atoms with Crippen LogP contribution in [-0.4, -0.2) is 29.4 Å². The molecule has 6 nitrogen and oxygen atoms in total. The van der Waals surface area contributed by atoms with Crippen molar-refractivity contribution < 1.29 is 8.42 Å². The molecule has 0 aliphatic carbocycles. The van der Waals surface area contributed by atoms with E-state index >= 15 is 0 Å². The number of nitrogens with one attached hydrogen (secondary N) is 1. The van der Waals surface area contributed by atoms with Crippen molar-refractivity contribution in [1.82, 2.24) is 19.5 Å². The van der Waals surface area contributed by atoms with E-state index in [4.69, 9.17) is 0 Å². The Bertz CT molecular complexity index is 672. The van der Waals surface area contributed by atoms with Gasteiger partial charge in [-0.1, -0.05) is 18.2 Å². The molecule has 0 amide bonds. The van der Waals surface area contributed by atoms with E-state index in [1.807, 2.05) is 42.7 Å². The van der Waals surface area contributed by atoms with Gasteiger partial charge in [-0.15, -0.1) is 10.2 Å². The average molecular weight is 280 g/mol. The summed E-state index contributed by atoms with van der Waals surface area (Å²) >= 11 is 0. The van der Waals surface area contributed by atoms with Gasteiger partial charge in [0.1, 0.15) is 11.6 Å². The number of hydrogen-bond acceptors (Lipinski definition) is 4. The third-order valence-electron chi connectivity index (χ3n) is 2.74. The van der Waals surface area contributed by atoms with Crippen LogP contribution in [0, 0.1) is 13.8 Å². The molecule has 0 aliphatic rings. The molecule has 102 valence electrons. The Kier molecular flexibility index (Phi) is 3.68. The minimum atomic E-state index is -3.22. The molecule has 1 aromatic heterocycles. The van der Waals surface area contributed by atoms with Gasteiger partial charge in [0.05, 0.1) is 11.9 Å². The third-order valence-corrected chi connectivity index (χ3v) is 3.41. The number of hydrogen-bond donors (Lipinski definition) is 1. The number of aromatic nitrogens is 3. The van der Waals surface area contributed by atoms with E-state index in [2.05, 4.69) is 14.9 Å². The summed E-state index contributed by atoms with van der Waals surface area (Å²) in [6.07, 6.45) is 1.14. The van der Waals surface area contributed by atoms with E-state index in [1.54, 1.807) is 0 Å². The van der Waals surface area contributed by atoms with Crippen LogP contribution in [0.1, 0.15) is 17.2 Å². The summed E-state index contributed by atoms with van der Waals surface area (Å²) in [7, 11) is -3.22. The highest BCUT2D eigenvalue weighted by atomic mass is 32.2. The third kappa shape index (κ3) is 3.18. The number of benzene rings is 1. The van der Waals surface area contributed by atoms with Gasteiger partial charge in [-0.25, -0.2) is 13.1 Å². The molecule has 1 N–H and O–H groups in total. The molecule has 1 heterocycles. The molecule has 2 rings (SSSR count). The standard InChI is InChI=1S/C12H16N4O2S/c1-9-14-15-10(2)16(9)12-7-5-4-6-11(12)8-13-19(3,17)18/h4-7,13H,8H2,1-3H3. The van der Waals surface area contributed by atoms with Crippen LogP contribution >= 0.6 is 0 Å². The Balaban J connectivity index is 2.42. The fourth-order valence-electron chi connectivity index (χ4n) is 1.90. The fraction of sp³-hybridized carbons (Fsp3) is 0.333. The molecule has 0 radical (unpaired) electrons. The van der Waals surface area contributed by atoms with Crippen molar-refractivity contribution in [2.75, 3.05) is 6.26 Å². The first-order valence-electron chi connectivity index (χ1n) is 5.80. The van der Waals surface area contributed by atoms with Gasteiger partial charge in [0.15, 0.2) is 0 Å². The van der Waals surface area contributed by atoms with Crippen molar-refractivity contribution in [2.24, 2.45) is 0 Å². The average Bonchev–Trinajstić information content (AvgIpc) is 2.66. The molecular weight excluding hydrogens is 264 g/mol. The van der Waals surface area contributed by atoms with Crippen molar-refractivity contribution in [3.05, 3.63) is 41.5 Å². The number of aryl methyl sites for hydroxylation is 2. The van der Waals surface area contributed by atoms with Gasteiger partial charge < -0.3 is 0 Å². The highest BCUT2D eigenvalue weighted by Crippen LogP contribution is 2.17. The van der Waals surface area contributed by atoms with Gasteiger partial charge in [0.2, 0.25) is 10.0 Å². The SMILES string of the molecule is Cc1nnc(C)n1-c1ccccc1CNS(C)(=O)=O. The van der Waals surface area contributed by atoms with Crippen molar-refractivity contribution in [3.8, 4) is 5.69 Å². The number of sulfonamides is 1. The normalized spacial score (nSPS) is 11.7. The Morgan fingerprint density at radius 3 is 2.32 bits per heavy atom. The Hall–Kier alpha value is -1.73. The fourth-order valence-corrected chi connectivity index (χ4v) is 2.32. The molecule has 0 bridgehead atoms. The minimum absolute atomic E-state index is 0.242. The summed E-state index contributed by atoms with van der Waals surface area (Å²) in [6, 6.07) is 7.57. The van der Waals surface area contributed by atoms with Crippen LogP contribution in [0.5, 0.6) is 0 Å². The first-order valence-corrected chi connectivity index (χ1v) is 7.69. The Morgan fingerprint density at radius 1 is 1.16 bits per heavy atom. The Labute approximate surface area is 112 Å². The second-order valence-corrected chi connectivity index (χ2v) is 6.18. The van der Waals surface area contributed by atoms with Gasteiger partial charge in [-0.2, -0.15) is 0 Å². The molecule has 2 aromatic rings. The number of rotatable bonds is 4. The molecule has 0 atom stereocenters. The minimum Gasteiger partial charge on any atom is -0.283 e. The van der Waals surface area contributed by atoms with Gasteiger partial charge in [0.25, 0.3) is 0 Å². The maximum atomic E-state index is 11.2. The van der Waals surface area contributed by atoms with Crippen LogP contribution in [-0.2, 0) is 16.6 Å². The van der Waals surface area contributed by atoms with Crippen LogP contribution in [0.25, 0.3) is 5.69 Å². The van der Waals surface area contributed by atoms with Crippen LogP contribution in [0.4, 0.5) is 0 Å². The predicted octanol–water partition coefficient (Wildman–Crippen LogP) is 0.933. The van der Waals surface area contributed by atoms with Gasteiger partial charge in [0, 0.05) is 6.54 Å². The summed E-state index contributed by atoms with van der Waals surface area (Å²) in [5.74, 6) is 1.54. The molecule has 0 saturated heterocycles. The monoisotopic (exact) mass is 280 g/mol. The number of para-hydroxylation sites is 1. The highest BCUT2D eigenvalue weighted by molar-refractivity contribution is 7.88. The lowest BCUT2D eigenvalue weighted by Crippen LogP contribution is -2.22. The summed E-state index contributed by atoms with van der Waals surface area (Å²) in [5.41, 5.74) is 1.76. The number of nitrogens with zero attached hydrogens (tertiary/aromatic N) is 3. The second kappa shape index (κ2) is 5.10. The van der Waals surface area contributed by atoms with Crippen LogP contribution in [0.3, 0.4) is 0 Å². The lowest BCUT2D eigenvalue weighted by atomic mass is 10.1. The summed E-state index contributed by atoms with van der Waals surface area (Å²) in [5, 5.41) is 8.03. The van der Waals surface area contributed by atoms with E-state index in [0.717, 1.165) is 29.2 Å². The summed E-state index contributed by atoms with van der Waals surface area (Å²) < 4.78 is 26.8. The van der Waals surface area contributed by atoms with Crippen molar-refractivity contribution in [1.29, 1.82) is 0 Å². The highest BCUT2D eigenvalue weighted by Gasteiger charge is 2.11. The molecule has 0 saturated carbocycles. The largest absolute Gasteiger partial charge is 0.283 e. The molecule has 1 aromatic carbocycles. The smallest absolute Gasteiger partial charge is 0.209 e. The zero-order valence-corrected chi connectivity index (χ0v) is 11.9. The molecular formula is C12H16N4O2S. The second-order valence-electron chi connectivity index (χ2n) is 4.35. The molecule has 19 heavy (non-hydrogen) atoms. The van der Waals surface area contributed by atoms with E-state index in [9.17, 15) is 8.42 Å². The van der Waals surface area contributed by atoms with Crippen molar-refractivity contribution in [2.45, 2.75) is 20.4 Å². The van der Waals surface area contributed by atoms with Crippen LogP contribution < -0.4 is 4.72 Å². The maximum Gasteiger partial charge on any atom is 0.209 e. The predicted molar refractivity (Wildman–Crippen MR) is 72.5 cm³/mol. The van der Waals surface area contributed by atoms with Gasteiger partial charge in [-0.05, 0) is 25.5 Å². The van der Waals surface area contributed by atoms with Crippen molar-refractivity contribution in [3.63, 3.8) is 0 Å².